The first-order valence-corrected chi connectivity index (χ1v) is 9.47. The molecule has 3 aromatic rings. The summed E-state index contributed by atoms with van der Waals surface area (Å²) in [6.45, 7) is 3.20. The van der Waals surface area contributed by atoms with E-state index in [4.69, 9.17) is 9.47 Å². The lowest BCUT2D eigenvalue weighted by Gasteiger charge is -2.29. The molecule has 0 aromatic heterocycles. The Labute approximate surface area is 167 Å². The van der Waals surface area contributed by atoms with Gasteiger partial charge in [-0.15, -0.1) is 0 Å². The Morgan fingerprint density at radius 1 is 0.862 bits per heavy atom. The van der Waals surface area contributed by atoms with Gasteiger partial charge in [-0.1, -0.05) is 37.0 Å². The number of hydrogen-bond acceptors (Lipinski definition) is 2. The molecule has 0 unspecified atom stereocenters. The number of ether oxygens (including phenoxy) is 2. The van der Waals surface area contributed by atoms with Crippen molar-refractivity contribution >= 4 is 10.8 Å². The largest absolute Gasteiger partial charge is 0.373 e. The maximum atomic E-state index is 13.8. The highest BCUT2D eigenvalue weighted by Crippen LogP contribution is 2.25. The minimum atomic E-state index is -1.46. The van der Waals surface area contributed by atoms with E-state index in [1.54, 1.807) is 12.1 Å². The number of benzene rings is 3. The van der Waals surface area contributed by atoms with Gasteiger partial charge in [0.2, 0.25) is 0 Å². The van der Waals surface area contributed by atoms with Crippen LogP contribution in [-0.2, 0) is 9.47 Å². The van der Waals surface area contributed by atoms with E-state index in [0.29, 0.717) is 18.8 Å². The first kappa shape index (κ1) is 19.5. The lowest BCUT2D eigenvalue weighted by Crippen LogP contribution is -2.30. The van der Waals surface area contributed by atoms with Gasteiger partial charge in [-0.25, -0.2) is 13.2 Å². The molecule has 29 heavy (non-hydrogen) atoms. The third-order valence-electron chi connectivity index (χ3n) is 5.03. The van der Waals surface area contributed by atoms with Crippen molar-refractivity contribution in [2.24, 2.45) is 0 Å². The number of halogens is 3. The van der Waals surface area contributed by atoms with Crippen LogP contribution >= 0.6 is 0 Å². The van der Waals surface area contributed by atoms with Crippen LogP contribution in [0.5, 0.6) is 0 Å². The molecule has 5 heteroatoms. The van der Waals surface area contributed by atoms with Crippen LogP contribution in [0.3, 0.4) is 0 Å². The Morgan fingerprint density at radius 2 is 1.59 bits per heavy atom. The molecular weight excluding hydrogens is 377 g/mol. The first-order chi connectivity index (χ1) is 14.0. The van der Waals surface area contributed by atoms with Crippen molar-refractivity contribution in [1.29, 1.82) is 0 Å². The zero-order chi connectivity index (χ0) is 20.4. The van der Waals surface area contributed by atoms with E-state index in [9.17, 15) is 13.2 Å². The summed E-state index contributed by atoms with van der Waals surface area (Å²) in [5.74, 6) is 2.14. The van der Waals surface area contributed by atoms with Gasteiger partial charge < -0.3 is 9.47 Å². The zero-order valence-corrected chi connectivity index (χ0v) is 15.8. The molecule has 1 aliphatic heterocycles. The summed E-state index contributed by atoms with van der Waals surface area (Å²) in [6.07, 6.45) is 1.02. The van der Waals surface area contributed by atoms with Crippen LogP contribution in [-0.4, -0.2) is 19.3 Å². The van der Waals surface area contributed by atoms with Crippen molar-refractivity contribution in [3.8, 4) is 11.8 Å². The van der Waals surface area contributed by atoms with E-state index in [0.717, 1.165) is 23.6 Å². The smallest absolute Gasteiger partial charge is 0.195 e. The quantitative estimate of drug-likeness (QED) is 0.419. The van der Waals surface area contributed by atoms with Crippen LogP contribution in [0.15, 0.2) is 48.5 Å². The summed E-state index contributed by atoms with van der Waals surface area (Å²) >= 11 is 0. The van der Waals surface area contributed by atoms with E-state index < -0.39 is 17.5 Å². The van der Waals surface area contributed by atoms with Gasteiger partial charge in [0.1, 0.15) is 6.10 Å². The molecule has 3 aromatic carbocycles. The predicted molar refractivity (Wildman–Crippen MR) is 105 cm³/mol. The second-order valence-electron chi connectivity index (χ2n) is 6.98. The summed E-state index contributed by atoms with van der Waals surface area (Å²) in [5.41, 5.74) is 2.42. The molecular formula is C24H19F3O2. The monoisotopic (exact) mass is 396 g/mol. The van der Waals surface area contributed by atoms with Gasteiger partial charge in [0, 0.05) is 16.5 Å². The van der Waals surface area contributed by atoms with Crippen molar-refractivity contribution < 1.29 is 22.6 Å². The summed E-state index contributed by atoms with van der Waals surface area (Å²) in [4.78, 5) is 0. The lowest BCUT2D eigenvalue weighted by atomic mass is 10.0. The van der Waals surface area contributed by atoms with Crippen LogP contribution in [0, 0.1) is 29.3 Å². The molecule has 0 spiro atoms. The maximum absolute atomic E-state index is 13.8. The molecule has 4 rings (SSSR count). The Balaban J connectivity index is 1.51. The van der Waals surface area contributed by atoms with Crippen molar-refractivity contribution in [3.63, 3.8) is 0 Å². The SMILES string of the molecule is CC[C@@H]1CO[C@@H](c2ccc(C#Cc3ccc4c(F)c(F)c(F)cc4c3)cc2)CO1. The fourth-order valence-electron chi connectivity index (χ4n) is 3.28. The molecule has 1 saturated heterocycles. The number of rotatable bonds is 2. The topological polar surface area (TPSA) is 18.5 Å². The highest BCUT2D eigenvalue weighted by atomic mass is 19.2. The Morgan fingerprint density at radius 3 is 2.28 bits per heavy atom. The molecule has 0 N–H and O–H groups in total. The van der Waals surface area contributed by atoms with E-state index >= 15 is 0 Å². The zero-order valence-electron chi connectivity index (χ0n) is 15.8. The van der Waals surface area contributed by atoms with E-state index in [1.807, 2.05) is 24.3 Å². The summed E-state index contributed by atoms with van der Waals surface area (Å²) in [5, 5.41) is 0.294. The Kier molecular flexibility index (Phi) is 5.57. The molecule has 1 heterocycles. The molecule has 0 aliphatic carbocycles. The molecule has 2 nitrogen and oxygen atoms in total. The molecule has 2 atom stereocenters. The second-order valence-corrected chi connectivity index (χ2v) is 6.98. The average Bonchev–Trinajstić information content (AvgIpc) is 2.76. The van der Waals surface area contributed by atoms with Crippen molar-refractivity contribution in [3.05, 3.63) is 82.7 Å². The lowest BCUT2D eigenvalue weighted by molar-refractivity contribution is -0.135. The summed E-state index contributed by atoms with van der Waals surface area (Å²) in [7, 11) is 0. The summed E-state index contributed by atoms with van der Waals surface area (Å²) in [6, 6.07) is 13.2. The molecule has 0 radical (unpaired) electrons. The third kappa shape index (κ3) is 4.14. The predicted octanol–water partition coefficient (Wildman–Crippen LogP) is 5.52. The van der Waals surface area contributed by atoms with Crippen LogP contribution < -0.4 is 0 Å². The molecule has 0 bridgehead atoms. The highest BCUT2D eigenvalue weighted by Gasteiger charge is 2.22. The fraction of sp³-hybridized carbons (Fsp3) is 0.250. The Bertz CT molecular complexity index is 1090. The first-order valence-electron chi connectivity index (χ1n) is 9.47. The van der Waals surface area contributed by atoms with E-state index in [2.05, 4.69) is 18.8 Å². The molecule has 0 saturated carbocycles. The fourth-order valence-corrected chi connectivity index (χ4v) is 3.28. The van der Waals surface area contributed by atoms with Gasteiger partial charge in [0.15, 0.2) is 17.5 Å². The Hall–Kier alpha value is -2.81. The van der Waals surface area contributed by atoms with Gasteiger partial charge >= 0.3 is 0 Å². The van der Waals surface area contributed by atoms with E-state index in [-0.39, 0.29) is 23.0 Å². The van der Waals surface area contributed by atoms with Crippen molar-refractivity contribution in [1.82, 2.24) is 0 Å². The molecule has 1 fully saturated rings. The van der Waals surface area contributed by atoms with Crippen molar-refractivity contribution in [2.45, 2.75) is 25.6 Å². The van der Waals surface area contributed by atoms with Crippen LogP contribution in [0.1, 0.15) is 36.1 Å². The standard InChI is InChI=1S/C24H19F3O2/c1-2-19-13-29-22(14-28-19)17-8-5-15(6-9-17)3-4-16-7-10-20-18(11-16)12-21(25)24(27)23(20)26/h5-12,19,22H,2,13-14H2,1H3/t19-,22-/m1/s1. The minimum absolute atomic E-state index is 0.0267. The highest BCUT2D eigenvalue weighted by molar-refractivity contribution is 5.84. The van der Waals surface area contributed by atoms with Crippen molar-refractivity contribution in [2.75, 3.05) is 13.2 Å². The molecule has 1 aliphatic rings. The maximum Gasteiger partial charge on any atom is 0.195 e. The average molecular weight is 396 g/mol. The van der Waals surface area contributed by atoms with Crippen LogP contribution in [0.25, 0.3) is 10.8 Å². The normalized spacial score (nSPS) is 19.0. The van der Waals surface area contributed by atoms with Gasteiger partial charge in [0.25, 0.3) is 0 Å². The van der Waals surface area contributed by atoms with Crippen LogP contribution in [0.4, 0.5) is 13.2 Å². The third-order valence-corrected chi connectivity index (χ3v) is 5.03. The minimum Gasteiger partial charge on any atom is -0.373 e. The molecule has 148 valence electrons. The molecule has 0 amide bonds. The van der Waals surface area contributed by atoms with E-state index in [1.165, 1.54) is 6.07 Å². The van der Waals surface area contributed by atoms with Crippen LogP contribution in [0.2, 0.25) is 0 Å². The number of fused-ring (bicyclic) bond motifs is 1. The number of hydrogen-bond donors (Lipinski definition) is 0. The van der Waals surface area contributed by atoms with Gasteiger partial charge in [-0.05, 0) is 47.7 Å². The summed E-state index contributed by atoms with van der Waals surface area (Å²) < 4.78 is 52.2. The second kappa shape index (κ2) is 8.28. The van der Waals surface area contributed by atoms with Gasteiger partial charge in [0.05, 0.1) is 19.3 Å². The van der Waals surface area contributed by atoms with Gasteiger partial charge in [-0.3, -0.25) is 0 Å². The van der Waals surface area contributed by atoms with Gasteiger partial charge in [-0.2, -0.15) is 0 Å².